The molecule has 3 aliphatic rings. The van der Waals surface area contributed by atoms with Crippen molar-refractivity contribution in [1.82, 2.24) is 4.90 Å². The van der Waals surface area contributed by atoms with Crippen LogP contribution in [0.15, 0.2) is 0 Å². The fraction of sp³-hybridized carbons (Fsp3) is 0.941. The van der Waals surface area contributed by atoms with Crippen LogP contribution in [-0.2, 0) is 38.0 Å². The Morgan fingerprint density at radius 1 is 1.00 bits per heavy atom. The highest BCUT2D eigenvalue weighted by atomic mass is 16.7. The van der Waals surface area contributed by atoms with Gasteiger partial charge in [-0.3, -0.25) is 9.59 Å². The van der Waals surface area contributed by atoms with Gasteiger partial charge in [0.2, 0.25) is 0 Å². The molecule has 3 saturated heterocycles. The second-order valence-corrected chi connectivity index (χ2v) is 14.8. The van der Waals surface area contributed by atoms with E-state index >= 15 is 0 Å². The number of fused-ring (bicyclic) bond motifs is 3. The number of likely N-dealkylation sites (N-methyl/N-ethyl adjacent to an activating group) is 1. The predicted molar refractivity (Wildman–Crippen MR) is 168 cm³/mol. The first-order chi connectivity index (χ1) is 20.9. The first kappa shape index (κ1) is 38.3. The normalized spacial score (nSPS) is 47.8. The molecular formula is C34H61NO10. The highest BCUT2D eigenvalue weighted by Gasteiger charge is 2.53. The van der Waals surface area contributed by atoms with Gasteiger partial charge in [-0.05, 0) is 78.8 Å². The summed E-state index contributed by atoms with van der Waals surface area (Å²) in [7, 11) is 5.66. The van der Waals surface area contributed by atoms with Crippen molar-refractivity contribution >= 4 is 11.8 Å². The number of nitrogens with zero attached hydrogens (tertiary/aromatic N) is 1. The van der Waals surface area contributed by atoms with Gasteiger partial charge in [-0.2, -0.15) is 0 Å². The summed E-state index contributed by atoms with van der Waals surface area (Å²) in [6.45, 7) is 16.6. The molecule has 3 rings (SSSR count). The third kappa shape index (κ3) is 8.28. The van der Waals surface area contributed by atoms with Crippen molar-refractivity contribution in [2.24, 2.45) is 29.6 Å². The summed E-state index contributed by atoms with van der Waals surface area (Å²) in [6, 6.07) is 0.0306. The largest absolute Gasteiger partial charge is 0.459 e. The number of aliphatic hydroxyl groups excluding tert-OH is 1. The molecule has 3 aliphatic heterocycles. The lowest BCUT2D eigenvalue weighted by Gasteiger charge is -2.49. The molecule has 0 aliphatic carbocycles. The molecule has 3 fully saturated rings. The van der Waals surface area contributed by atoms with Gasteiger partial charge in [-0.15, -0.1) is 0 Å². The first-order valence-electron chi connectivity index (χ1n) is 16.8. The number of ether oxygens (including phenoxy) is 6. The molecule has 262 valence electrons. The molecule has 2 N–H and O–H groups in total. The maximum atomic E-state index is 13.8. The first-order valence-corrected chi connectivity index (χ1v) is 16.8. The van der Waals surface area contributed by atoms with Gasteiger partial charge in [-0.25, -0.2) is 0 Å². The van der Waals surface area contributed by atoms with Crippen LogP contribution in [0.3, 0.4) is 0 Å². The molecule has 3 heterocycles. The van der Waals surface area contributed by atoms with Gasteiger partial charge < -0.3 is 43.5 Å². The molecule has 2 bridgehead atoms. The number of rotatable bonds is 5. The summed E-state index contributed by atoms with van der Waals surface area (Å²) >= 11 is 0. The number of aliphatic hydroxyl groups is 2. The van der Waals surface area contributed by atoms with E-state index in [1.165, 1.54) is 6.92 Å². The van der Waals surface area contributed by atoms with E-state index in [4.69, 9.17) is 28.4 Å². The second kappa shape index (κ2) is 15.4. The van der Waals surface area contributed by atoms with Gasteiger partial charge in [-0.1, -0.05) is 34.6 Å². The zero-order chi connectivity index (χ0) is 34.0. The second-order valence-electron chi connectivity index (χ2n) is 14.8. The van der Waals surface area contributed by atoms with E-state index in [0.717, 1.165) is 6.42 Å². The number of hydrogen-bond acceptors (Lipinski definition) is 11. The standard InChI is InChI=1S/C34H61NO10/c1-13-26-34(9,39)29(37)21(5)20(4)18(2)15-33(8)30(45-32-28(40-12)25(35(10)11)14-19(3)43-32)22(6)27(23(7)31(38)44-26)41-16-24(36)17-42-33/h18-23,25-30,32,37,39H,13-17H2,1-12H3/t18-,19-,20?,21+,22+,23-,25+,26-,27+,28-,29-,30-,32+,33-,34-/m1/s1. The van der Waals surface area contributed by atoms with Crippen LogP contribution in [0.4, 0.5) is 0 Å². The minimum absolute atomic E-state index is 0.0306. The Hall–Kier alpha value is -1.18. The quantitative estimate of drug-likeness (QED) is 0.428. The van der Waals surface area contributed by atoms with Gasteiger partial charge in [0, 0.05) is 19.1 Å². The molecule has 11 heteroatoms. The Morgan fingerprint density at radius 3 is 2.22 bits per heavy atom. The van der Waals surface area contributed by atoms with Crippen molar-refractivity contribution < 1.29 is 48.2 Å². The SMILES string of the molecule is CC[C@H]1OC(=O)[C@H](C)[C@H]2OCC(=O)CO[C@](C)(C[C@@H](C)C(C)[C@H](C)[C@@H](O)[C@]1(C)O)[C@H](O[C@@H]1O[C@H](C)C[C@H](N(C)C)[C@H]1OC)[C@H]2C. The number of methoxy groups -OCH3 is 1. The molecule has 45 heavy (non-hydrogen) atoms. The fourth-order valence-corrected chi connectivity index (χ4v) is 7.88. The van der Waals surface area contributed by atoms with E-state index < -0.39 is 65.8 Å². The van der Waals surface area contributed by atoms with E-state index in [1.54, 1.807) is 14.0 Å². The molecule has 0 aromatic rings. The van der Waals surface area contributed by atoms with Crippen LogP contribution in [0.1, 0.15) is 81.6 Å². The molecule has 1 unspecified atom stereocenters. The minimum Gasteiger partial charge on any atom is -0.459 e. The van der Waals surface area contributed by atoms with Crippen LogP contribution < -0.4 is 0 Å². The van der Waals surface area contributed by atoms with Crippen LogP contribution in [0.5, 0.6) is 0 Å². The molecule has 0 amide bonds. The van der Waals surface area contributed by atoms with Crippen molar-refractivity contribution in [3.8, 4) is 0 Å². The molecule has 0 aromatic heterocycles. The van der Waals surface area contributed by atoms with Crippen molar-refractivity contribution in [3.05, 3.63) is 0 Å². The third-order valence-corrected chi connectivity index (χ3v) is 11.1. The molecule has 0 radical (unpaired) electrons. The van der Waals surface area contributed by atoms with Gasteiger partial charge >= 0.3 is 5.97 Å². The maximum absolute atomic E-state index is 13.8. The Labute approximate surface area is 270 Å². The zero-order valence-electron chi connectivity index (χ0n) is 29.6. The van der Waals surface area contributed by atoms with E-state index in [2.05, 4.69) is 11.8 Å². The lowest BCUT2D eigenvalue weighted by molar-refractivity contribution is -0.306. The monoisotopic (exact) mass is 643 g/mol. The molecule has 0 aromatic carbocycles. The van der Waals surface area contributed by atoms with Crippen LogP contribution in [0.25, 0.3) is 0 Å². The van der Waals surface area contributed by atoms with Crippen LogP contribution >= 0.6 is 0 Å². The van der Waals surface area contributed by atoms with Crippen LogP contribution in [0, 0.1) is 29.6 Å². The number of hydrogen-bond donors (Lipinski definition) is 2. The average Bonchev–Trinajstić information content (AvgIpc) is 3.02. The van der Waals surface area contributed by atoms with Crippen molar-refractivity contribution in [3.63, 3.8) is 0 Å². The Balaban J connectivity index is 2.18. The summed E-state index contributed by atoms with van der Waals surface area (Å²) in [4.78, 5) is 28.9. The van der Waals surface area contributed by atoms with Gasteiger partial charge in [0.25, 0.3) is 0 Å². The molecule has 11 nitrogen and oxygen atoms in total. The van der Waals surface area contributed by atoms with Crippen LogP contribution in [0.2, 0.25) is 0 Å². The van der Waals surface area contributed by atoms with E-state index in [0.29, 0.717) is 12.8 Å². The third-order valence-electron chi connectivity index (χ3n) is 11.1. The zero-order valence-corrected chi connectivity index (χ0v) is 29.6. The van der Waals surface area contributed by atoms with Crippen molar-refractivity contribution in [1.29, 1.82) is 0 Å². The number of esters is 1. The average molecular weight is 644 g/mol. The van der Waals surface area contributed by atoms with Gasteiger partial charge in [0.15, 0.2) is 12.1 Å². The minimum atomic E-state index is -1.69. The summed E-state index contributed by atoms with van der Waals surface area (Å²) in [5.74, 6) is -2.62. The summed E-state index contributed by atoms with van der Waals surface area (Å²) in [5, 5.41) is 23.1. The topological polar surface area (TPSA) is 133 Å². The molecule has 0 spiro atoms. The Bertz CT molecular complexity index is 992. The molecular weight excluding hydrogens is 582 g/mol. The number of carbonyl (C=O) groups is 2. The van der Waals surface area contributed by atoms with Gasteiger partial charge in [0.05, 0.1) is 35.9 Å². The van der Waals surface area contributed by atoms with Crippen LogP contribution in [-0.4, -0.2) is 121 Å². The maximum Gasteiger partial charge on any atom is 0.311 e. The van der Waals surface area contributed by atoms with Gasteiger partial charge in [0.1, 0.15) is 31.0 Å². The number of ketones is 1. The van der Waals surface area contributed by atoms with E-state index in [9.17, 15) is 19.8 Å². The summed E-state index contributed by atoms with van der Waals surface area (Å²) in [5.41, 5.74) is -2.72. The Kier molecular flexibility index (Phi) is 13.1. The Morgan fingerprint density at radius 2 is 1.64 bits per heavy atom. The molecule has 0 saturated carbocycles. The smallest absolute Gasteiger partial charge is 0.311 e. The van der Waals surface area contributed by atoms with E-state index in [-0.39, 0.29) is 48.9 Å². The predicted octanol–water partition coefficient (Wildman–Crippen LogP) is 3.21. The number of cyclic esters (lactones) is 1. The lowest BCUT2D eigenvalue weighted by atomic mass is 9.70. The van der Waals surface area contributed by atoms with E-state index in [1.807, 2.05) is 55.6 Å². The highest BCUT2D eigenvalue weighted by molar-refractivity contribution is 5.81. The fourth-order valence-electron chi connectivity index (χ4n) is 7.88. The lowest BCUT2D eigenvalue weighted by Crippen LogP contribution is -2.60. The summed E-state index contributed by atoms with van der Waals surface area (Å²) in [6.07, 6.45) is -3.34. The highest BCUT2D eigenvalue weighted by Crippen LogP contribution is 2.43. The molecule has 15 atom stereocenters. The number of carbonyl (C=O) groups excluding carboxylic acids is 2. The summed E-state index contributed by atoms with van der Waals surface area (Å²) < 4.78 is 38.1. The van der Waals surface area contributed by atoms with Crippen molar-refractivity contribution in [2.45, 2.75) is 142 Å². The van der Waals surface area contributed by atoms with Crippen molar-refractivity contribution in [2.75, 3.05) is 34.4 Å². The number of Topliss-reactive ketones (excluding diaryl/α,β-unsaturated/α-hetero) is 1.